The van der Waals surface area contributed by atoms with Gasteiger partial charge in [0, 0.05) is 13.0 Å². The molecule has 2 aromatic rings. The lowest BCUT2D eigenvalue weighted by atomic mass is 9.86. The van der Waals surface area contributed by atoms with Crippen molar-refractivity contribution in [3.05, 3.63) is 96.1 Å². The zero-order valence-electron chi connectivity index (χ0n) is 15.0. The third-order valence-corrected chi connectivity index (χ3v) is 5.14. The quantitative estimate of drug-likeness (QED) is 0.859. The Labute approximate surface area is 155 Å². The van der Waals surface area contributed by atoms with E-state index in [1.54, 1.807) is 7.11 Å². The van der Waals surface area contributed by atoms with Crippen molar-refractivity contribution in [2.24, 2.45) is 10.9 Å². The van der Waals surface area contributed by atoms with Crippen molar-refractivity contribution in [2.75, 3.05) is 7.11 Å². The Bertz CT molecular complexity index is 811. The number of nitrogens with zero attached hydrogens (tertiary/aromatic N) is 1. The van der Waals surface area contributed by atoms with Crippen LogP contribution in [0.1, 0.15) is 29.7 Å². The first-order valence-electron chi connectivity index (χ1n) is 9.17. The van der Waals surface area contributed by atoms with E-state index in [1.165, 1.54) is 5.56 Å². The molecule has 0 fully saturated rings. The molecular formula is C23H24N2O. The predicted octanol–water partition coefficient (Wildman–Crippen LogP) is 4.62. The average molecular weight is 344 g/mol. The minimum atomic E-state index is -0.171. The SMILES string of the molecule is COC(C1=N[C@H](c2ccccc2)[C@H](C2C=CC=CC2)N1)c1ccccc1. The first-order valence-corrected chi connectivity index (χ1v) is 9.17. The summed E-state index contributed by atoms with van der Waals surface area (Å²) >= 11 is 0. The minimum absolute atomic E-state index is 0.0914. The number of allylic oxidation sites excluding steroid dienone is 3. The third-order valence-electron chi connectivity index (χ3n) is 5.14. The fourth-order valence-corrected chi connectivity index (χ4v) is 3.83. The van der Waals surface area contributed by atoms with Gasteiger partial charge < -0.3 is 10.1 Å². The van der Waals surface area contributed by atoms with Crippen LogP contribution < -0.4 is 5.32 Å². The molecule has 0 amide bonds. The monoisotopic (exact) mass is 344 g/mol. The molecule has 1 N–H and O–H groups in total. The maximum absolute atomic E-state index is 5.81. The summed E-state index contributed by atoms with van der Waals surface area (Å²) in [6.07, 6.45) is 9.64. The fourth-order valence-electron chi connectivity index (χ4n) is 3.83. The molecule has 4 rings (SSSR count). The van der Waals surface area contributed by atoms with Crippen molar-refractivity contribution < 1.29 is 4.74 Å². The summed E-state index contributed by atoms with van der Waals surface area (Å²) in [5.74, 6) is 1.33. The number of rotatable bonds is 5. The molecule has 0 saturated heterocycles. The molecule has 26 heavy (non-hydrogen) atoms. The van der Waals surface area contributed by atoms with E-state index >= 15 is 0 Å². The summed E-state index contributed by atoms with van der Waals surface area (Å²) in [5.41, 5.74) is 2.36. The van der Waals surface area contributed by atoms with E-state index in [9.17, 15) is 0 Å². The van der Waals surface area contributed by atoms with Gasteiger partial charge in [-0.1, -0.05) is 85.0 Å². The van der Waals surface area contributed by atoms with Crippen LogP contribution in [-0.2, 0) is 4.74 Å². The molecule has 0 bridgehead atoms. The Balaban J connectivity index is 1.67. The Morgan fingerprint density at radius 2 is 1.73 bits per heavy atom. The van der Waals surface area contributed by atoms with Crippen molar-refractivity contribution >= 4 is 5.84 Å². The van der Waals surface area contributed by atoms with Gasteiger partial charge in [-0.25, -0.2) is 0 Å². The second kappa shape index (κ2) is 7.71. The Hall–Kier alpha value is -2.65. The van der Waals surface area contributed by atoms with Gasteiger partial charge in [-0.3, -0.25) is 4.99 Å². The smallest absolute Gasteiger partial charge is 0.139 e. The van der Waals surface area contributed by atoms with Gasteiger partial charge in [-0.05, 0) is 17.5 Å². The summed E-state index contributed by atoms with van der Waals surface area (Å²) in [6, 6.07) is 21.2. The van der Waals surface area contributed by atoms with Gasteiger partial charge in [-0.15, -0.1) is 0 Å². The number of ether oxygens (including phenoxy) is 1. The maximum Gasteiger partial charge on any atom is 0.139 e. The van der Waals surface area contributed by atoms with Crippen LogP contribution in [-0.4, -0.2) is 19.0 Å². The Kier molecular flexibility index (Phi) is 4.98. The second-order valence-electron chi connectivity index (χ2n) is 6.78. The van der Waals surface area contributed by atoms with Crippen molar-refractivity contribution in [2.45, 2.75) is 24.6 Å². The van der Waals surface area contributed by atoms with Crippen LogP contribution in [0.5, 0.6) is 0 Å². The highest BCUT2D eigenvalue weighted by atomic mass is 16.5. The molecule has 1 heterocycles. The molecule has 1 aliphatic heterocycles. The first kappa shape index (κ1) is 16.8. The number of hydrogen-bond acceptors (Lipinski definition) is 3. The second-order valence-corrected chi connectivity index (χ2v) is 6.78. The van der Waals surface area contributed by atoms with Crippen LogP contribution >= 0.6 is 0 Å². The number of methoxy groups -OCH3 is 1. The summed E-state index contributed by atoms with van der Waals surface area (Å²) in [5, 5.41) is 3.70. The lowest BCUT2D eigenvalue weighted by Gasteiger charge is -2.27. The van der Waals surface area contributed by atoms with E-state index in [0.29, 0.717) is 5.92 Å². The van der Waals surface area contributed by atoms with Crippen molar-refractivity contribution in [1.29, 1.82) is 0 Å². The van der Waals surface area contributed by atoms with Gasteiger partial charge in [0.1, 0.15) is 11.9 Å². The van der Waals surface area contributed by atoms with E-state index in [1.807, 2.05) is 18.2 Å². The normalized spacial score (nSPS) is 25.6. The molecule has 1 aliphatic carbocycles. The topological polar surface area (TPSA) is 33.6 Å². The predicted molar refractivity (Wildman–Crippen MR) is 106 cm³/mol. The highest BCUT2D eigenvalue weighted by Gasteiger charge is 2.37. The van der Waals surface area contributed by atoms with Crippen LogP contribution in [0, 0.1) is 5.92 Å². The molecule has 3 heteroatoms. The number of amidine groups is 1. The number of nitrogens with one attached hydrogen (secondary N) is 1. The van der Waals surface area contributed by atoms with Gasteiger partial charge in [-0.2, -0.15) is 0 Å². The molecule has 0 spiro atoms. The standard InChI is InChI=1S/C23H24N2O/c1-26-22(19-15-9-4-10-16-19)23-24-20(17-11-5-2-6-12-17)21(25-23)18-13-7-3-8-14-18/h2-13,15-16,18,20-22H,14H2,1H3,(H,24,25)/t18?,20-,21+,22?/m1/s1. The van der Waals surface area contributed by atoms with Crippen LogP contribution in [0.15, 0.2) is 90.0 Å². The number of hydrogen-bond donors (Lipinski definition) is 1. The Morgan fingerprint density at radius 1 is 1.00 bits per heavy atom. The molecule has 3 nitrogen and oxygen atoms in total. The van der Waals surface area contributed by atoms with Crippen molar-refractivity contribution in [3.63, 3.8) is 0 Å². The number of benzene rings is 2. The highest BCUT2D eigenvalue weighted by molar-refractivity contribution is 5.90. The van der Waals surface area contributed by atoms with Crippen LogP contribution in [0.4, 0.5) is 0 Å². The fraction of sp³-hybridized carbons (Fsp3) is 0.261. The van der Waals surface area contributed by atoms with Crippen LogP contribution in [0.2, 0.25) is 0 Å². The van der Waals surface area contributed by atoms with Crippen molar-refractivity contribution in [3.8, 4) is 0 Å². The summed E-state index contributed by atoms with van der Waals surface area (Å²) in [4.78, 5) is 5.09. The molecular weight excluding hydrogens is 320 g/mol. The molecule has 0 saturated carbocycles. The van der Waals surface area contributed by atoms with Gasteiger partial charge in [0.2, 0.25) is 0 Å². The van der Waals surface area contributed by atoms with Gasteiger partial charge in [0.15, 0.2) is 0 Å². The molecule has 2 unspecified atom stereocenters. The van der Waals surface area contributed by atoms with E-state index in [-0.39, 0.29) is 18.2 Å². The first-order chi connectivity index (χ1) is 12.9. The zero-order valence-corrected chi connectivity index (χ0v) is 15.0. The summed E-state index contributed by atoms with van der Waals surface area (Å²) in [6.45, 7) is 0. The van der Waals surface area contributed by atoms with E-state index in [4.69, 9.17) is 9.73 Å². The van der Waals surface area contributed by atoms with E-state index in [0.717, 1.165) is 17.8 Å². The van der Waals surface area contributed by atoms with E-state index in [2.05, 4.69) is 72.1 Å². The molecule has 2 aromatic carbocycles. The molecule has 132 valence electrons. The molecule has 0 aromatic heterocycles. The van der Waals surface area contributed by atoms with Gasteiger partial charge in [0.25, 0.3) is 0 Å². The minimum Gasteiger partial charge on any atom is -0.369 e. The average Bonchev–Trinajstić information content (AvgIpc) is 3.16. The Morgan fingerprint density at radius 3 is 2.38 bits per heavy atom. The molecule has 4 atom stereocenters. The summed E-state index contributed by atoms with van der Waals surface area (Å²) < 4.78 is 5.81. The van der Waals surface area contributed by atoms with Crippen LogP contribution in [0.3, 0.4) is 0 Å². The van der Waals surface area contributed by atoms with Crippen molar-refractivity contribution in [1.82, 2.24) is 5.32 Å². The lowest BCUT2D eigenvalue weighted by molar-refractivity contribution is 0.155. The zero-order chi connectivity index (χ0) is 17.8. The third kappa shape index (κ3) is 3.35. The van der Waals surface area contributed by atoms with Gasteiger partial charge >= 0.3 is 0 Å². The molecule has 2 aliphatic rings. The summed E-state index contributed by atoms with van der Waals surface area (Å²) in [7, 11) is 1.75. The maximum atomic E-state index is 5.81. The molecule has 0 radical (unpaired) electrons. The highest BCUT2D eigenvalue weighted by Crippen LogP contribution is 2.35. The lowest BCUT2D eigenvalue weighted by Crippen LogP contribution is -2.39. The van der Waals surface area contributed by atoms with Gasteiger partial charge in [0.05, 0.1) is 12.1 Å². The van der Waals surface area contributed by atoms with E-state index < -0.39 is 0 Å². The number of aliphatic imine (C=N–C) groups is 1. The largest absolute Gasteiger partial charge is 0.369 e. The van der Waals surface area contributed by atoms with Crippen LogP contribution in [0.25, 0.3) is 0 Å².